The molecule has 0 N–H and O–H groups in total. The van der Waals surface area contributed by atoms with Gasteiger partial charge in [-0.3, -0.25) is 4.90 Å². The van der Waals surface area contributed by atoms with Gasteiger partial charge in [-0.05, 0) is 64.0 Å². The van der Waals surface area contributed by atoms with Crippen LogP contribution < -0.4 is 0 Å². The molecule has 1 fully saturated rings. The van der Waals surface area contributed by atoms with Crippen molar-refractivity contribution in [1.82, 2.24) is 4.90 Å². The van der Waals surface area contributed by atoms with Gasteiger partial charge in [0.15, 0.2) is 0 Å². The summed E-state index contributed by atoms with van der Waals surface area (Å²) >= 11 is 0. The van der Waals surface area contributed by atoms with Crippen molar-refractivity contribution in [2.45, 2.75) is 83.3 Å². The molecule has 160 valence electrons. The average Bonchev–Trinajstić information content (AvgIpc) is 3.29. The summed E-state index contributed by atoms with van der Waals surface area (Å²) < 4.78 is 14.9. The zero-order valence-corrected chi connectivity index (χ0v) is 18.7. The number of halogens is 1. The maximum Gasteiger partial charge on any atom is 0.128 e. The summed E-state index contributed by atoms with van der Waals surface area (Å²) in [4.78, 5) is 2.49. The van der Waals surface area contributed by atoms with Crippen LogP contribution in [0.25, 0.3) is 0 Å². The van der Waals surface area contributed by atoms with E-state index in [9.17, 15) is 9.65 Å². The van der Waals surface area contributed by atoms with E-state index in [1.807, 2.05) is 18.2 Å². The summed E-state index contributed by atoms with van der Waals surface area (Å²) in [5.74, 6) is 0.0110. The van der Waals surface area contributed by atoms with Crippen LogP contribution in [0.2, 0.25) is 0 Å². The van der Waals surface area contributed by atoms with Crippen molar-refractivity contribution in [2.75, 3.05) is 0 Å². The lowest BCUT2D eigenvalue weighted by Crippen LogP contribution is -2.41. The zero-order valence-electron chi connectivity index (χ0n) is 18.7. The third kappa shape index (κ3) is 4.93. The minimum atomic E-state index is -0.731. The van der Waals surface area contributed by atoms with E-state index < -0.39 is 5.41 Å². The third-order valence-corrected chi connectivity index (χ3v) is 7.00. The molecule has 2 unspecified atom stereocenters. The summed E-state index contributed by atoms with van der Waals surface area (Å²) in [7, 11) is 0. The summed E-state index contributed by atoms with van der Waals surface area (Å²) in [5, 5.41) is 10.4. The molecule has 2 atom stereocenters. The number of rotatable bonds is 9. The monoisotopic (exact) mass is 406 g/mol. The van der Waals surface area contributed by atoms with Gasteiger partial charge < -0.3 is 0 Å². The summed E-state index contributed by atoms with van der Waals surface area (Å²) in [6.07, 6.45) is 5.91. The lowest BCUT2D eigenvalue weighted by Gasteiger charge is -2.38. The Labute approximate surface area is 181 Å². The average molecular weight is 407 g/mol. The SMILES string of the molecule is CC(C)N(Cc1ccccc1)C(C)CCC(C#N)(c1ccccc1F)C1CCCC1. The lowest BCUT2D eigenvalue weighted by atomic mass is 9.67. The molecule has 0 bridgehead atoms. The fraction of sp³-hybridized carbons (Fsp3) is 0.519. The standard InChI is InChI=1S/C27H35FN2/c1-21(2)30(19-23-11-5-4-6-12-23)22(3)17-18-27(20-29,24-13-7-8-14-24)25-15-9-10-16-26(25)28/h4-6,9-12,15-16,21-22,24H,7-8,13-14,17-19H2,1-3H3. The molecule has 2 aromatic rings. The fourth-order valence-corrected chi connectivity index (χ4v) is 5.25. The molecule has 0 heterocycles. The summed E-state index contributed by atoms with van der Waals surface area (Å²) in [6.45, 7) is 7.60. The van der Waals surface area contributed by atoms with Crippen LogP contribution in [0.1, 0.15) is 70.4 Å². The van der Waals surface area contributed by atoms with Gasteiger partial charge in [0.2, 0.25) is 0 Å². The molecular weight excluding hydrogens is 371 g/mol. The minimum absolute atomic E-state index is 0.233. The molecule has 3 heteroatoms. The molecule has 0 aromatic heterocycles. The first-order valence-corrected chi connectivity index (χ1v) is 11.4. The molecule has 3 rings (SSSR count). The second-order valence-corrected chi connectivity index (χ2v) is 9.18. The first kappa shape index (κ1) is 22.5. The van der Waals surface area contributed by atoms with Crippen LogP contribution in [-0.4, -0.2) is 17.0 Å². The number of nitriles is 1. The van der Waals surface area contributed by atoms with E-state index in [-0.39, 0.29) is 11.7 Å². The molecular formula is C27H35FN2. The molecule has 0 radical (unpaired) electrons. The quantitative estimate of drug-likeness (QED) is 0.455. The maximum atomic E-state index is 14.9. The molecule has 2 nitrogen and oxygen atoms in total. The van der Waals surface area contributed by atoms with E-state index in [0.29, 0.717) is 24.1 Å². The molecule has 30 heavy (non-hydrogen) atoms. The predicted molar refractivity (Wildman–Crippen MR) is 121 cm³/mol. The number of nitrogens with zero attached hydrogens (tertiary/aromatic N) is 2. The van der Waals surface area contributed by atoms with Gasteiger partial charge in [0.1, 0.15) is 5.82 Å². The molecule has 0 spiro atoms. The number of benzene rings is 2. The van der Waals surface area contributed by atoms with Gasteiger partial charge in [0.25, 0.3) is 0 Å². The molecule has 1 saturated carbocycles. The number of hydrogen-bond acceptors (Lipinski definition) is 2. The van der Waals surface area contributed by atoms with Gasteiger partial charge in [-0.15, -0.1) is 0 Å². The van der Waals surface area contributed by atoms with E-state index in [4.69, 9.17) is 0 Å². The Morgan fingerprint density at radius 3 is 2.27 bits per heavy atom. The van der Waals surface area contributed by atoms with Gasteiger partial charge in [0, 0.05) is 24.2 Å². The highest BCUT2D eigenvalue weighted by molar-refractivity contribution is 5.35. The lowest BCUT2D eigenvalue weighted by molar-refractivity contribution is 0.136. The molecule has 1 aliphatic carbocycles. The summed E-state index contributed by atoms with van der Waals surface area (Å²) in [5.41, 5.74) is 1.17. The van der Waals surface area contributed by atoms with Crippen molar-refractivity contribution >= 4 is 0 Å². The Bertz CT molecular complexity index is 835. The summed E-state index contributed by atoms with van der Waals surface area (Å²) in [6, 6.07) is 20.8. The zero-order chi connectivity index (χ0) is 21.6. The Morgan fingerprint density at radius 2 is 1.67 bits per heavy atom. The van der Waals surface area contributed by atoms with Crippen molar-refractivity contribution in [1.29, 1.82) is 5.26 Å². The Balaban J connectivity index is 1.82. The van der Waals surface area contributed by atoms with Crippen LogP contribution in [0.15, 0.2) is 54.6 Å². The molecule has 0 saturated heterocycles. The first-order valence-electron chi connectivity index (χ1n) is 11.4. The largest absolute Gasteiger partial charge is 0.294 e. The van der Waals surface area contributed by atoms with Crippen molar-refractivity contribution in [3.05, 3.63) is 71.5 Å². The maximum absolute atomic E-state index is 14.9. The number of hydrogen-bond donors (Lipinski definition) is 0. The molecule has 1 aliphatic rings. The highest BCUT2D eigenvalue weighted by atomic mass is 19.1. The van der Waals surface area contributed by atoms with Crippen molar-refractivity contribution in [3.63, 3.8) is 0 Å². The van der Waals surface area contributed by atoms with Crippen molar-refractivity contribution < 1.29 is 4.39 Å². The van der Waals surface area contributed by atoms with Crippen LogP contribution in [0, 0.1) is 23.1 Å². The highest BCUT2D eigenvalue weighted by Gasteiger charge is 2.43. The third-order valence-electron chi connectivity index (χ3n) is 7.00. The van der Waals surface area contributed by atoms with E-state index in [2.05, 4.69) is 56.0 Å². The van der Waals surface area contributed by atoms with Crippen LogP contribution in [0.4, 0.5) is 4.39 Å². The predicted octanol–water partition coefficient (Wildman–Crippen LogP) is 6.86. The van der Waals surface area contributed by atoms with Crippen LogP contribution in [0.3, 0.4) is 0 Å². The van der Waals surface area contributed by atoms with Crippen molar-refractivity contribution in [2.24, 2.45) is 5.92 Å². The van der Waals surface area contributed by atoms with E-state index in [1.165, 1.54) is 11.6 Å². The van der Waals surface area contributed by atoms with Gasteiger partial charge >= 0.3 is 0 Å². The molecule has 2 aromatic carbocycles. The second-order valence-electron chi connectivity index (χ2n) is 9.18. The highest BCUT2D eigenvalue weighted by Crippen LogP contribution is 2.46. The molecule has 0 aliphatic heterocycles. The van der Waals surface area contributed by atoms with Gasteiger partial charge in [0.05, 0.1) is 11.5 Å². The minimum Gasteiger partial charge on any atom is -0.294 e. The second kappa shape index (κ2) is 10.2. The normalized spacial score (nSPS) is 17.8. The van der Waals surface area contributed by atoms with Crippen LogP contribution in [-0.2, 0) is 12.0 Å². The Hall–Kier alpha value is -2.18. The van der Waals surface area contributed by atoms with E-state index in [1.54, 1.807) is 6.07 Å². The topological polar surface area (TPSA) is 27.0 Å². The smallest absolute Gasteiger partial charge is 0.128 e. The Morgan fingerprint density at radius 1 is 1.03 bits per heavy atom. The van der Waals surface area contributed by atoms with E-state index in [0.717, 1.165) is 38.6 Å². The molecule has 0 amide bonds. The Kier molecular flexibility index (Phi) is 7.67. The van der Waals surface area contributed by atoms with Crippen molar-refractivity contribution in [3.8, 4) is 6.07 Å². The van der Waals surface area contributed by atoms with Gasteiger partial charge in [-0.1, -0.05) is 61.4 Å². The van der Waals surface area contributed by atoms with Gasteiger partial charge in [-0.2, -0.15) is 5.26 Å². The first-order chi connectivity index (χ1) is 14.5. The van der Waals surface area contributed by atoms with Crippen LogP contribution in [0.5, 0.6) is 0 Å². The van der Waals surface area contributed by atoms with Crippen LogP contribution >= 0.6 is 0 Å². The fourth-order valence-electron chi connectivity index (χ4n) is 5.25. The van der Waals surface area contributed by atoms with E-state index >= 15 is 0 Å². The van der Waals surface area contributed by atoms with Gasteiger partial charge in [-0.25, -0.2) is 4.39 Å².